The lowest BCUT2D eigenvalue weighted by Gasteiger charge is -2.13. The van der Waals surface area contributed by atoms with Crippen LogP contribution in [0.25, 0.3) is 0 Å². The van der Waals surface area contributed by atoms with E-state index >= 15 is 0 Å². The minimum atomic E-state index is -0.765. The zero-order valence-corrected chi connectivity index (χ0v) is 12.3. The van der Waals surface area contributed by atoms with Crippen LogP contribution in [-0.4, -0.2) is 5.11 Å². The van der Waals surface area contributed by atoms with Gasteiger partial charge in [0.25, 0.3) is 0 Å². The van der Waals surface area contributed by atoms with E-state index in [1.807, 2.05) is 24.3 Å². The predicted molar refractivity (Wildman–Crippen MR) is 80.0 cm³/mol. The molecule has 21 heavy (non-hydrogen) atoms. The minimum Gasteiger partial charge on any atom is -0.388 e. The van der Waals surface area contributed by atoms with Crippen LogP contribution in [0.1, 0.15) is 36.6 Å². The van der Waals surface area contributed by atoms with Gasteiger partial charge in [-0.25, -0.2) is 8.78 Å². The Morgan fingerprint density at radius 1 is 0.857 bits per heavy atom. The van der Waals surface area contributed by atoms with E-state index in [0.717, 1.165) is 18.1 Å². The van der Waals surface area contributed by atoms with E-state index in [0.29, 0.717) is 11.5 Å². The van der Waals surface area contributed by atoms with E-state index in [1.165, 1.54) is 17.7 Å². The van der Waals surface area contributed by atoms with Gasteiger partial charge in [0.2, 0.25) is 0 Å². The molecule has 2 rings (SSSR count). The summed E-state index contributed by atoms with van der Waals surface area (Å²) < 4.78 is 26.3. The summed E-state index contributed by atoms with van der Waals surface area (Å²) in [5, 5.41) is 10.2. The molecule has 2 aromatic rings. The lowest BCUT2D eigenvalue weighted by Crippen LogP contribution is -2.03. The highest BCUT2D eigenvalue weighted by molar-refractivity contribution is 5.27. The number of benzene rings is 2. The fourth-order valence-electron chi connectivity index (χ4n) is 2.42. The number of hydrogen-bond donors (Lipinski definition) is 1. The highest BCUT2D eigenvalue weighted by atomic mass is 19.1. The maximum Gasteiger partial charge on any atom is 0.126 e. The zero-order chi connectivity index (χ0) is 15.4. The van der Waals surface area contributed by atoms with Crippen molar-refractivity contribution in [2.24, 2.45) is 5.92 Å². The molecule has 112 valence electrons. The second-order valence-corrected chi connectivity index (χ2v) is 5.84. The Morgan fingerprint density at radius 2 is 1.43 bits per heavy atom. The normalized spacial score (nSPS) is 12.7. The third-order valence-corrected chi connectivity index (χ3v) is 3.36. The van der Waals surface area contributed by atoms with Crippen LogP contribution in [-0.2, 0) is 12.8 Å². The first-order valence-corrected chi connectivity index (χ1v) is 7.16. The number of rotatable bonds is 5. The number of halogens is 2. The van der Waals surface area contributed by atoms with Crippen LogP contribution in [0.2, 0.25) is 0 Å². The monoisotopic (exact) mass is 290 g/mol. The van der Waals surface area contributed by atoms with Gasteiger partial charge in [-0.3, -0.25) is 0 Å². The smallest absolute Gasteiger partial charge is 0.126 e. The molecule has 0 aliphatic heterocycles. The summed E-state index contributed by atoms with van der Waals surface area (Å²) in [5.74, 6) is -0.662. The Labute approximate surface area is 124 Å². The van der Waals surface area contributed by atoms with Gasteiger partial charge in [-0.2, -0.15) is 0 Å². The summed E-state index contributed by atoms with van der Waals surface area (Å²) in [4.78, 5) is 0. The summed E-state index contributed by atoms with van der Waals surface area (Å²) >= 11 is 0. The zero-order valence-electron chi connectivity index (χ0n) is 12.3. The molecule has 1 unspecified atom stereocenters. The quantitative estimate of drug-likeness (QED) is 0.863. The van der Waals surface area contributed by atoms with Crippen LogP contribution in [0.15, 0.2) is 42.5 Å². The maximum absolute atomic E-state index is 13.1. The van der Waals surface area contributed by atoms with E-state index in [9.17, 15) is 13.9 Å². The fourth-order valence-corrected chi connectivity index (χ4v) is 2.42. The van der Waals surface area contributed by atoms with E-state index in [1.54, 1.807) is 0 Å². The second-order valence-electron chi connectivity index (χ2n) is 5.84. The van der Waals surface area contributed by atoms with Crippen molar-refractivity contribution in [3.8, 4) is 0 Å². The Hall–Kier alpha value is -1.74. The Kier molecular flexibility index (Phi) is 5.07. The van der Waals surface area contributed by atoms with Crippen molar-refractivity contribution in [1.82, 2.24) is 0 Å². The molecule has 0 spiro atoms. The summed E-state index contributed by atoms with van der Waals surface area (Å²) in [7, 11) is 0. The average molecular weight is 290 g/mol. The van der Waals surface area contributed by atoms with Gasteiger partial charge < -0.3 is 5.11 Å². The summed E-state index contributed by atoms with van der Waals surface area (Å²) in [6.07, 6.45) is 0.420. The molecule has 0 aliphatic rings. The third-order valence-electron chi connectivity index (χ3n) is 3.36. The van der Waals surface area contributed by atoms with Gasteiger partial charge in [0.05, 0.1) is 6.10 Å². The molecule has 0 aliphatic carbocycles. The van der Waals surface area contributed by atoms with Gasteiger partial charge in [-0.05, 0) is 41.2 Å². The molecular formula is C18H20F2O. The first-order chi connectivity index (χ1) is 9.94. The minimum absolute atomic E-state index is 0.193. The standard InChI is InChI=1S/C18H20F2O/c1-12(2)7-13-3-5-15(6-4-13)18(21)10-14-8-16(19)11-17(20)9-14/h3-6,8-9,11-12,18,21H,7,10H2,1-2H3. The maximum atomic E-state index is 13.1. The molecule has 3 heteroatoms. The molecule has 0 aromatic heterocycles. The number of aliphatic hydroxyl groups excluding tert-OH is 1. The summed E-state index contributed by atoms with van der Waals surface area (Å²) in [5.41, 5.74) is 2.43. The number of hydrogen-bond acceptors (Lipinski definition) is 1. The van der Waals surface area contributed by atoms with Gasteiger partial charge in [-0.15, -0.1) is 0 Å². The van der Waals surface area contributed by atoms with Crippen LogP contribution in [0, 0.1) is 17.6 Å². The van der Waals surface area contributed by atoms with Crippen LogP contribution in [0.3, 0.4) is 0 Å². The number of aliphatic hydroxyl groups is 1. The molecule has 0 heterocycles. The molecule has 0 amide bonds. The van der Waals surface area contributed by atoms with Crippen molar-refractivity contribution in [3.63, 3.8) is 0 Å². The van der Waals surface area contributed by atoms with Crippen molar-refractivity contribution < 1.29 is 13.9 Å². The van der Waals surface area contributed by atoms with Gasteiger partial charge in [0, 0.05) is 12.5 Å². The molecule has 1 N–H and O–H groups in total. The SMILES string of the molecule is CC(C)Cc1ccc(C(O)Cc2cc(F)cc(F)c2)cc1. The second kappa shape index (κ2) is 6.81. The van der Waals surface area contributed by atoms with Crippen LogP contribution in [0.4, 0.5) is 8.78 Å². The van der Waals surface area contributed by atoms with E-state index in [2.05, 4.69) is 13.8 Å². The van der Waals surface area contributed by atoms with Crippen molar-refractivity contribution in [2.45, 2.75) is 32.8 Å². The average Bonchev–Trinajstić information content (AvgIpc) is 2.37. The molecule has 1 nitrogen and oxygen atoms in total. The highest BCUT2D eigenvalue weighted by Crippen LogP contribution is 2.21. The first-order valence-electron chi connectivity index (χ1n) is 7.16. The molecule has 0 saturated carbocycles. The fraction of sp³-hybridized carbons (Fsp3) is 0.333. The van der Waals surface area contributed by atoms with Crippen molar-refractivity contribution in [2.75, 3.05) is 0 Å². The first kappa shape index (κ1) is 15.6. The molecule has 1 atom stereocenters. The Balaban J connectivity index is 2.07. The lowest BCUT2D eigenvalue weighted by atomic mass is 9.97. The Bertz CT molecular complexity index is 570. The topological polar surface area (TPSA) is 20.2 Å². The van der Waals surface area contributed by atoms with Crippen LogP contribution in [0.5, 0.6) is 0 Å². The Morgan fingerprint density at radius 3 is 1.95 bits per heavy atom. The van der Waals surface area contributed by atoms with Crippen LogP contribution < -0.4 is 0 Å². The van der Waals surface area contributed by atoms with Gasteiger partial charge in [0.1, 0.15) is 11.6 Å². The molecule has 0 fully saturated rings. The van der Waals surface area contributed by atoms with E-state index in [-0.39, 0.29) is 6.42 Å². The van der Waals surface area contributed by atoms with Gasteiger partial charge in [0.15, 0.2) is 0 Å². The van der Waals surface area contributed by atoms with E-state index < -0.39 is 17.7 Å². The van der Waals surface area contributed by atoms with Gasteiger partial charge >= 0.3 is 0 Å². The van der Waals surface area contributed by atoms with Crippen molar-refractivity contribution in [1.29, 1.82) is 0 Å². The molecular weight excluding hydrogens is 270 g/mol. The van der Waals surface area contributed by atoms with Crippen molar-refractivity contribution in [3.05, 3.63) is 70.8 Å². The molecule has 0 bridgehead atoms. The molecule has 0 saturated heterocycles. The lowest BCUT2D eigenvalue weighted by molar-refractivity contribution is 0.178. The summed E-state index contributed by atoms with van der Waals surface area (Å²) in [6.45, 7) is 4.31. The summed E-state index contributed by atoms with van der Waals surface area (Å²) in [6, 6.07) is 11.1. The molecule has 2 aromatic carbocycles. The van der Waals surface area contributed by atoms with Gasteiger partial charge in [-0.1, -0.05) is 38.1 Å². The molecule has 0 radical (unpaired) electrons. The largest absolute Gasteiger partial charge is 0.388 e. The van der Waals surface area contributed by atoms with Crippen molar-refractivity contribution >= 4 is 0 Å². The van der Waals surface area contributed by atoms with E-state index in [4.69, 9.17) is 0 Å². The highest BCUT2D eigenvalue weighted by Gasteiger charge is 2.10. The van der Waals surface area contributed by atoms with Crippen LogP contribution >= 0.6 is 0 Å². The predicted octanol–water partition coefficient (Wildman–Crippen LogP) is 4.44. The third kappa shape index (κ3) is 4.64.